The Morgan fingerprint density at radius 2 is 1.93 bits per heavy atom. The van der Waals surface area contributed by atoms with E-state index in [0.717, 1.165) is 0 Å². The number of aliphatic carboxylic acids is 1. The molecule has 0 aromatic carbocycles. The predicted octanol–water partition coefficient (Wildman–Crippen LogP) is -2.13. The number of carboxylic acid groups (broad SMARTS) is 1. The molecule has 0 unspecified atom stereocenters. The number of amides is 1. The number of hydrogen-bond acceptors (Lipinski definition) is 5. The number of carboxylic acids is 1. The molecule has 0 bridgehead atoms. The Morgan fingerprint density at radius 3 is 2.40 bits per heavy atom. The van der Waals surface area contributed by atoms with Gasteiger partial charge in [0.25, 0.3) is 0 Å². The summed E-state index contributed by atoms with van der Waals surface area (Å²) in [5.74, 6) is -1.61. The van der Waals surface area contributed by atoms with Gasteiger partial charge in [0.1, 0.15) is 0 Å². The third-order valence-electron chi connectivity index (χ3n) is 1.53. The van der Waals surface area contributed by atoms with E-state index in [9.17, 15) is 9.59 Å². The number of ether oxygens (including phenoxy) is 1. The topological polar surface area (TPSA) is 113 Å². The third-order valence-corrected chi connectivity index (χ3v) is 1.53. The molecule has 1 amide bonds. The van der Waals surface area contributed by atoms with Crippen LogP contribution in [0.1, 0.15) is 0 Å². The van der Waals surface area contributed by atoms with Crippen molar-refractivity contribution < 1.29 is 24.5 Å². The van der Waals surface area contributed by atoms with Crippen LogP contribution < -0.4 is 5.73 Å². The van der Waals surface area contributed by atoms with Crippen molar-refractivity contribution in [3.8, 4) is 0 Å². The molecule has 0 spiro atoms. The highest BCUT2D eigenvalue weighted by molar-refractivity contribution is 5.77. The fourth-order valence-corrected chi connectivity index (χ4v) is 0.986. The highest BCUT2D eigenvalue weighted by atomic mass is 16.5. The van der Waals surface area contributed by atoms with Gasteiger partial charge >= 0.3 is 5.97 Å². The van der Waals surface area contributed by atoms with Crippen molar-refractivity contribution in [3.63, 3.8) is 0 Å². The lowest BCUT2D eigenvalue weighted by Crippen LogP contribution is -2.39. The lowest BCUT2D eigenvalue weighted by molar-refractivity contribution is -0.138. The number of carbonyl (C=O) groups excluding carboxylic acids is 1. The van der Waals surface area contributed by atoms with E-state index in [4.69, 9.17) is 20.7 Å². The second kappa shape index (κ2) is 8.16. The number of nitrogens with zero attached hydrogens (tertiary/aromatic N) is 1. The number of carbonyl (C=O) groups is 2. The van der Waals surface area contributed by atoms with Gasteiger partial charge in [-0.3, -0.25) is 14.5 Å². The van der Waals surface area contributed by atoms with Gasteiger partial charge in [-0.2, -0.15) is 0 Å². The average Bonchev–Trinajstić information content (AvgIpc) is 2.10. The van der Waals surface area contributed by atoms with E-state index in [0.29, 0.717) is 0 Å². The van der Waals surface area contributed by atoms with Crippen molar-refractivity contribution in [2.45, 2.75) is 0 Å². The van der Waals surface area contributed by atoms with Crippen LogP contribution in [0.15, 0.2) is 0 Å². The molecule has 15 heavy (non-hydrogen) atoms. The molecule has 0 saturated carbocycles. The second-order valence-corrected chi connectivity index (χ2v) is 2.91. The molecule has 7 nitrogen and oxygen atoms in total. The summed E-state index contributed by atoms with van der Waals surface area (Å²) in [5.41, 5.74) is 4.95. The molecule has 0 heterocycles. The standard InChI is InChI=1S/C8H16N2O5/c9-7(12)5-10(6-8(13)14)1-3-15-4-2-11/h11H,1-6H2,(H2,9,12)(H,13,14). The van der Waals surface area contributed by atoms with Crippen LogP contribution in [0.4, 0.5) is 0 Å². The average molecular weight is 220 g/mol. The summed E-state index contributed by atoms with van der Waals surface area (Å²) in [6, 6.07) is 0. The first-order chi connectivity index (χ1) is 7.06. The molecule has 4 N–H and O–H groups in total. The molecule has 0 aliphatic carbocycles. The fourth-order valence-electron chi connectivity index (χ4n) is 0.986. The van der Waals surface area contributed by atoms with Gasteiger partial charge in [-0.25, -0.2) is 0 Å². The summed E-state index contributed by atoms with van der Waals surface area (Å²) in [4.78, 5) is 22.4. The number of aliphatic hydroxyl groups is 1. The molecule has 0 aliphatic heterocycles. The molecule has 7 heteroatoms. The van der Waals surface area contributed by atoms with Crippen LogP contribution in [0.25, 0.3) is 0 Å². The monoisotopic (exact) mass is 220 g/mol. The van der Waals surface area contributed by atoms with Crippen molar-refractivity contribution in [1.29, 1.82) is 0 Å². The van der Waals surface area contributed by atoms with Crippen LogP contribution in [-0.4, -0.2) is 66.4 Å². The van der Waals surface area contributed by atoms with E-state index < -0.39 is 11.9 Å². The Kier molecular flexibility index (Phi) is 7.51. The highest BCUT2D eigenvalue weighted by Gasteiger charge is 2.11. The zero-order valence-corrected chi connectivity index (χ0v) is 8.39. The van der Waals surface area contributed by atoms with Crippen LogP contribution in [0.2, 0.25) is 0 Å². The Morgan fingerprint density at radius 1 is 1.27 bits per heavy atom. The number of nitrogens with two attached hydrogens (primary N) is 1. The first-order valence-electron chi connectivity index (χ1n) is 4.47. The lowest BCUT2D eigenvalue weighted by Gasteiger charge is -2.17. The maximum absolute atomic E-state index is 10.6. The van der Waals surface area contributed by atoms with E-state index in [1.165, 1.54) is 4.90 Å². The van der Waals surface area contributed by atoms with Gasteiger partial charge in [0.05, 0.1) is 32.9 Å². The minimum atomic E-state index is -1.03. The van der Waals surface area contributed by atoms with E-state index in [1.54, 1.807) is 0 Å². The molecule has 0 rings (SSSR count). The maximum atomic E-state index is 10.6. The third kappa shape index (κ3) is 9.13. The van der Waals surface area contributed by atoms with Gasteiger partial charge in [0.2, 0.25) is 5.91 Å². The molecular weight excluding hydrogens is 204 g/mol. The van der Waals surface area contributed by atoms with Gasteiger partial charge in [-0.15, -0.1) is 0 Å². The van der Waals surface area contributed by atoms with Crippen molar-refractivity contribution in [1.82, 2.24) is 4.90 Å². The molecule has 0 aromatic heterocycles. The van der Waals surface area contributed by atoms with E-state index in [2.05, 4.69) is 0 Å². The van der Waals surface area contributed by atoms with Crippen LogP contribution in [0, 0.1) is 0 Å². The smallest absolute Gasteiger partial charge is 0.317 e. The highest BCUT2D eigenvalue weighted by Crippen LogP contribution is 1.88. The normalized spacial score (nSPS) is 10.5. The molecule has 0 saturated heterocycles. The minimum Gasteiger partial charge on any atom is -0.480 e. The summed E-state index contributed by atoms with van der Waals surface area (Å²) in [7, 11) is 0. The van der Waals surface area contributed by atoms with Gasteiger partial charge in [0, 0.05) is 6.54 Å². The minimum absolute atomic E-state index is 0.0885. The molecule has 0 fully saturated rings. The zero-order chi connectivity index (χ0) is 11.7. The molecule has 88 valence electrons. The van der Waals surface area contributed by atoms with Crippen molar-refractivity contribution >= 4 is 11.9 Å². The van der Waals surface area contributed by atoms with Crippen LogP contribution in [0.5, 0.6) is 0 Å². The Hall–Kier alpha value is -1.18. The number of rotatable bonds is 9. The Labute approximate surface area is 87.4 Å². The SMILES string of the molecule is NC(=O)CN(CCOCCO)CC(=O)O. The summed E-state index contributed by atoms with van der Waals surface area (Å²) >= 11 is 0. The Bertz CT molecular complexity index is 193. The maximum Gasteiger partial charge on any atom is 0.317 e. The molecular formula is C8H16N2O5. The number of hydrogen-bond donors (Lipinski definition) is 3. The van der Waals surface area contributed by atoms with Gasteiger partial charge in [-0.1, -0.05) is 0 Å². The van der Waals surface area contributed by atoms with Crippen LogP contribution >= 0.6 is 0 Å². The Balaban J connectivity index is 3.79. The summed E-state index contributed by atoms with van der Waals surface area (Å²) in [6.45, 7) is 0.267. The summed E-state index contributed by atoms with van der Waals surface area (Å²) < 4.78 is 4.94. The van der Waals surface area contributed by atoms with Gasteiger partial charge in [-0.05, 0) is 0 Å². The van der Waals surface area contributed by atoms with Gasteiger partial charge < -0.3 is 20.7 Å². The van der Waals surface area contributed by atoms with Crippen LogP contribution in [0.3, 0.4) is 0 Å². The second-order valence-electron chi connectivity index (χ2n) is 2.91. The van der Waals surface area contributed by atoms with Crippen molar-refractivity contribution in [2.24, 2.45) is 5.73 Å². The molecule has 0 aromatic rings. The largest absolute Gasteiger partial charge is 0.480 e. The summed E-state index contributed by atoms with van der Waals surface area (Å²) in [5, 5.41) is 16.9. The van der Waals surface area contributed by atoms with Crippen molar-refractivity contribution in [2.75, 3.05) is 39.5 Å². The van der Waals surface area contributed by atoms with Gasteiger partial charge in [0.15, 0.2) is 0 Å². The van der Waals surface area contributed by atoms with E-state index in [-0.39, 0.29) is 39.5 Å². The fraction of sp³-hybridized carbons (Fsp3) is 0.750. The predicted molar refractivity (Wildman–Crippen MR) is 51.2 cm³/mol. The zero-order valence-electron chi connectivity index (χ0n) is 8.39. The molecule has 0 atom stereocenters. The number of primary amides is 1. The first-order valence-corrected chi connectivity index (χ1v) is 4.47. The molecule has 0 radical (unpaired) electrons. The first kappa shape index (κ1) is 13.8. The van der Waals surface area contributed by atoms with E-state index in [1.807, 2.05) is 0 Å². The number of aliphatic hydroxyl groups excluding tert-OH is 1. The van der Waals surface area contributed by atoms with Crippen molar-refractivity contribution in [3.05, 3.63) is 0 Å². The lowest BCUT2D eigenvalue weighted by atomic mass is 10.4. The summed E-state index contributed by atoms with van der Waals surface area (Å²) in [6.07, 6.45) is 0. The molecule has 0 aliphatic rings. The quantitative estimate of drug-likeness (QED) is 0.382. The van der Waals surface area contributed by atoms with E-state index >= 15 is 0 Å². The van der Waals surface area contributed by atoms with Crippen LogP contribution in [-0.2, 0) is 14.3 Å².